The standard InChI is InChI=1S/C20H29F2N4O7P/c1-12(27)24-10-4-3-5-16(18(23)29)26-19(30)17(25-13(2)28)11-14-6-8-15(9-7-14)20(21,22)33-34(31)32/h6-9,16-17,34H,3-5,10-11H2,1-2H3,(H2,23,29)(H,24,27)(H,25,28)(H,26,30)(H,31,32). The largest absolute Gasteiger partial charge is 0.389 e. The fraction of sp³-hybridized carbons (Fsp3) is 0.500. The number of carbonyl (C=O) groups is 4. The van der Waals surface area contributed by atoms with E-state index < -0.39 is 49.7 Å². The van der Waals surface area contributed by atoms with Gasteiger partial charge >= 0.3 is 14.4 Å². The van der Waals surface area contributed by atoms with Gasteiger partial charge in [-0.25, -0.2) is 4.52 Å². The smallest absolute Gasteiger partial charge is 0.368 e. The molecule has 0 radical (unpaired) electrons. The van der Waals surface area contributed by atoms with Crippen molar-refractivity contribution in [3.05, 3.63) is 35.4 Å². The van der Waals surface area contributed by atoms with E-state index in [0.29, 0.717) is 24.9 Å². The number of hydrogen-bond donors (Lipinski definition) is 5. The van der Waals surface area contributed by atoms with E-state index in [2.05, 4.69) is 20.5 Å². The molecule has 14 heteroatoms. The molecule has 1 aromatic carbocycles. The van der Waals surface area contributed by atoms with Gasteiger partial charge in [-0.3, -0.25) is 23.7 Å². The van der Waals surface area contributed by atoms with E-state index in [9.17, 15) is 32.5 Å². The van der Waals surface area contributed by atoms with E-state index >= 15 is 0 Å². The maximum atomic E-state index is 13.8. The summed E-state index contributed by atoms with van der Waals surface area (Å²) in [5, 5.41) is 7.53. The van der Waals surface area contributed by atoms with Crippen molar-refractivity contribution in [1.29, 1.82) is 0 Å². The zero-order valence-corrected chi connectivity index (χ0v) is 19.7. The van der Waals surface area contributed by atoms with Crippen molar-refractivity contribution in [3.63, 3.8) is 0 Å². The van der Waals surface area contributed by atoms with E-state index in [1.165, 1.54) is 26.0 Å². The van der Waals surface area contributed by atoms with Crippen LogP contribution >= 0.6 is 8.25 Å². The van der Waals surface area contributed by atoms with Gasteiger partial charge in [0.05, 0.1) is 5.56 Å². The molecule has 3 atom stereocenters. The summed E-state index contributed by atoms with van der Waals surface area (Å²) in [6.07, 6.45) is -2.82. The normalized spacial score (nSPS) is 13.9. The lowest BCUT2D eigenvalue weighted by Gasteiger charge is -2.22. The second-order valence-electron chi connectivity index (χ2n) is 7.48. The van der Waals surface area contributed by atoms with Crippen LogP contribution in [0.15, 0.2) is 24.3 Å². The van der Waals surface area contributed by atoms with E-state index in [1.807, 2.05) is 0 Å². The minimum absolute atomic E-state index is 0.0945. The maximum Gasteiger partial charge on any atom is 0.389 e. The van der Waals surface area contributed by atoms with Crippen molar-refractivity contribution in [2.75, 3.05) is 6.54 Å². The zero-order valence-electron chi connectivity index (χ0n) is 18.7. The molecule has 4 amide bonds. The highest BCUT2D eigenvalue weighted by molar-refractivity contribution is 7.32. The molecule has 0 aromatic heterocycles. The SMILES string of the molecule is CC(=O)NCCCCC(NC(=O)C(Cc1ccc(C(F)(F)O[PH](=O)O)cc1)NC(C)=O)C(N)=O. The van der Waals surface area contributed by atoms with E-state index in [-0.39, 0.29) is 18.7 Å². The molecule has 0 saturated heterocycles. The molecule has 1 rings (SSSR count). The van der Waals surface area contributed by atoms with Crippen molar-refractivity contribution >= 4 is 31.9 Å². The van der Waals surface area contributed by atoms with E-state index in [0.717, 1.165) is 12.1 Å². The summed E-state index contributed by atoms with van der Waals surface area (Å²) >= 11 is 0. The minimum Gasteiger partial charge on any atom is -0.368 e. The lowest BCUT2D eigenvalue weighted by atomic mass is 10.0. The first kappa shape index (κ1) is 29.1. The highest BCUT2D eigenvalue weighted by Crippen LogP contribution is 2.37. The average Bonchev–Trinajstić information content (AvgIpc) is 2.70. The second kappa shape index (κ2) is 13.7. The molecule has 0 aliphatic carbocycles. The van der Waals surface area contributed by atoms with Crippen molar-refractivity contribution in [2.45, 2.75) is 57.7 Å². The Bertz CT molecular complexity index is 899. The monoisotopic (exact) mass is 506 g/mol. The summed E-state index contributed by atoms with van der Waals surface area (Å²) in [7, 11) is -3.88. The van der Waals surface area contributed by atoms with Gasteiger partial charge in [0.2, 0.25) is 23.6 Å². The van der Waals surface area contributed by atoms with Crippen LogP contribution in [0.25, 0.3) is 0 Å². The van der Waals surface area contributed by atoms with Crippen LogP contribution in [0, 0.1) is 0 Å². The lowest BCUT2D eigenvalue weighted by Crippen LogP contribution is -2.53. The van der Waals surface area contributed by atoms with Crippen molar-refractivity contribution in [3.8, 4) is 0 Å². The molecule has 0 aliphatic heterocycles. The summed E-state index contributed by atoms with van der Waals surface area (Å²) in [4.78, 5) is 55.5. The Morgan fingerprint density at radius 1 is 1.06 bits per heavy atom. The van der Waals surface area contributed by atoms with Gasteiger partial charge in [0.15, 0.2) is 0 Å². The van der Waals surface area contributed by atoms with E-state index in [1.54, 1.807) is 0 Å². The fourth-order valence-corrected chi connectivity index (χ4v) is 3.33. The summed E-state index contributed by atoms with van der Waals surface area (Å²) in [5.41, 5.74) is 5.08. The molecule has 0 saturated carbocycles. The summed E-state index contributed by atoms with van der Waals surface area (Å²) in [6.45, 7) is 2.96. The molecule has 190 valence electrons. The number of rotatable bonds is 14. The van der Waals surface area contributed by atoms with Gasteiger partial charge in [0.1, 0.15) is 12.1 Å². The third kappa shape index (κ3) is 10.8. The van der Waals surface area contributed by atoms with Crippen LogP contribution in [-0.2, 0) is 40.8 Å². The Morgan fingerprint density at radius 3 is 2.18 bits per heavy atom. The minimum atomic E-state index is -3.98. The third-order valence-electron chi connectivity index (χ3n) is 4.59. The molecular weight excluding hydrogens is 477 g/mol. The molecule has 0 fully saturated rings. The number of unbranched alkanes of at least 4 members (excludes halogenated alkanes) is 1. The molecule has 0 bridgehead atoms. The number of hydrogen-bond acceptors (Lipinski definition) is 6. The van der Waals surface area contributed by atoms with Gasteiger partial charge in [-0.2, -0.15) is 8.78 Å². The highest BCUT2D eigenvalue weighted by Gasteiger charge is 2.35. The number of carbonyl (C=O) groups excluding carboxylic acids is 4. The fourth-order valence-electron chi connectivity index (χ4n) is 2.99. The van der Waals surface area contributed by atoms with Crippen LogP contribution in [0.2, 0.25) is 0 Å². The van der Waals surface area contributed by atoms with Crippen LogP contribution in [-0.4, -0.2) is 47.2 Å². The second-order valence-corrected chi connectivity index (χ2v) is 8.22. The molecule has 11 nitrogen and oxygen atoms in total. The van der Waals surface area contributed by atoms with Crippen molar-refractivity contribution < 1.29 is 41.9 Å². The van der Waals surface area contributed by atoms with Crippen LogP contribution in [0.5, 0.6) is 0 Å². The Labute approximate surface area is 195 Å². The number of nitrogens with one attached hydrogen (secondary N) is 3. The summed E-state index contributed by atoms with van der Waals surface area (Å²) in [5.74, 6) is -2.19. The molecule has 0 heterocycles. The van der Waals surface area contributed by atoms with Crippen molar-refractivity contribution in [1.82, 2.24) is 16.0 Å². The first-order chi connectivity index (χ1) is 15.8. The van der Waals surface area contributed by atoms with E-state index in [4.69, 9.17) is 10.6 Å². The Balaban J connectivity index is 2.84. The lowest BCUT2D eigenvalue weighted by molar-refractivity contribution is -0.185. The van der Waals surface area contributed by atoms with Gasteiger partial charge in [-0.15, -0.1) is 0 Å². The highest BCUT2D eigenvalue weighted by atomic mass is 31.1. The Morgan fingerprint density at radius 2 is 1.68 bits per heavy atom. The predicted octanol–water partition coefficient (Wildman–Crippen LogP) is 0.458. The van der Waals surface area contributed by atoms with Crippen LogP contribution < -0.4 is 21.7 Å². The number of benzene rings is 1. The van der Waals surface area contributed by atoms with Crippen LogP contribution in [0.3, 0.4) is 0 Å². The molecule has 3 unspecified atom stereocenters. The van der Waals surface area contributed by atoms with Crippen molar-refractivity contribution in [2.24, 2.45) is 5.73 Å². The van der Waals surface area contributed by atoms with Gasteiger partial charge in [-0.1, -0.05) is 24.3 Å². The van der Waals surface area contributed by atoms with Gasteiger partial charge < -0.3 is 26.6 Å². The molecule has 1 aromatic rings. The Hall–Kier alpha value is -2.89. The Kier molecular flexibility index (Phi) is 11.8. The van der Waals surface area contributed by atoms with Crippen LogP contribution in [0.4, 0.5) is 8.78 Å². The predicted molar refractivity (Wildman–Crippen MR) is 118 cm³/mol. The quantitative estimate of drug-likeness (QED) is 0.180. The topological polar surface area (TPSA) is 177 Å². The number of primary amides is 1. The molecule has 0 aliphatic rings. The molecule has 34 heavy (non-hydrogen) atoms. The average molecular weight is 506 g/mol. The summed E-state index contributed by atoms with van der Waals surface area (Å²) < 4.78 is 41.9. The van der Waals surface area contributed by atoms with Gasteiger partial charge in [-0.05, 0) is 24.8 Å². The number of halogens is 2. The molecular formula is C20H29F2N4O7P. The zero-order chi connectivity index (χ0) is 25.9. The first-order valence-electron chi connectivity index (χ1n) is 10.3. The summed E-state index contributed by atoms with van der Waals surface area (Å²) in [6, 6.07) is 2.28. The number of alkyl halides is 2. The number of nitrogens with two attached hydrogens (primary N) is 1. The number of amides is 4. The van der Waals surface area contributed by atoms with Crippen LogP contribution in [0.1, 0.15) is 44.2 Å². The van der Waals surface area contributed by atoms with Gasteiger partial charge in [0, 0.05) is 26.8 Å². The molecule has 6 N–H and O–H groups in total. The first-order valence-corrected chi connectivity index (χ1v) is 11.6. The maximum absolute atomic E-state index is 13.8. The van der Waals surface area contributed by atoms with Gasteiger partial charge in [0.25, 0.3) is 0 Å². The third-order valence-corrected chi connectivity index (χ3v) is 5.02. The molecule has 0 spiro atoms.